The second-order valence-electron chi connectivity index (χ2n) is 6.38. The Labute approximate surface area is 168 Å². The lowest BCUT2D eigenvalue weighted by atomic mass is 10.1. The van der Waals surface area contributed by atoms with Gasteiger partial charge in [0.1, 0.15) is 23.9 Å². The van der Waals surface area contributed by atoms with Crippen molar-refractivity contribution < 1.29 is 28.5 Å². The average molecular weight is 396 g/mol. The fourth-order valence-corrected chi connectivity index (χ4v) is 2.74. The summed E-state index contributed by atoms with van der Waals surface area (Å²) in [6.07, 6.45) is 0.218. The Morgan fingerprint density at radius 3 is 2.38 bits per heavy atom. The highest BCUT2D eigenvalue weighted by Crippen LogP contribution is 2.28. The maximum absolute atomic E-state index is 14.3. The highest BCUT2D eigenvalue weighted by molar-refractivity contribution is 5.67. The van der Waals surface area contributed by atoms with Crippen LogP contribution in [0.3, 0.4) is 0 Å². The van der Waals surface area contributed by atoms with Gasteiger partial charge in [0.15, 0.2) is 11.6 Å². The number of methoxy groups -OCH3 is 1. The van der Waals surface area contributed by atoms with E-state index in [1.54, 1.807) is 31.4 Å². The summed E-state index contributed by atoms with van der Waals surface area (Å²) < 4.78 is 31.0. The Hall–Kier alpha value is -3.54. The van der Waals surface area contributed by atoms with Crippen LogP contribution in [0.2, 0.25) is 0 Å². The highest BCUT2D eigenvalue weighted by atomic mass is 19.1. The average Bonchev–Trinajstić information content (AvgIpc) is 2.72. The maximum Gasteiger partial charge on any atom is 0.303 e. The number of aryl methyl sites for hydroxylation is 1. The smallest absolute Gasteiger partial charge is 0.303 e. The number of carboxylic acids is 1. The Balaban J connectivity index is 1.69. The number of ether oxygens (including phenoxy) is 3. The zero-order chi connectivity index (χ0) is 20.6. The molecular formula is C23H21FO5. The number of carbonyl (C=O) groups is 1. The molecule has 150 valence electrons. The summed E-state index contributed by atoms with van der Waals surface area (Å²) >= 11 is 0. The van der Waals surface area contributed by atoms with E-state index in [2.05, 4.69) is 0 Å². The van der Waals surface area contributed by atoms with Gasteiger partial charge in [-0.3, -0.25) is 4.79 Å². The van der Waals surface area contributed by atoms with E-state index in [4.69, 9.17) is 19.3 Å². The topological polar surface area (TPSA) is 65.0 Å². The van der Waals surface area contributed by atoms with Gasteiger partial charge in [-0.15, -0.1) is 0 Å². The Morgan fingerprint density at radius 2 is 1.69 bits per heavy atom. The van der Waals surface area contributed by atoms with E-state index >= 15 is 0 Å². The van der Waals surface area contributed by atoms with Crippen molar-refractivity contribution in [3.63, 3.8) is 0 Å². The number of aliphatic carboxylic acids is 1. The van der Waals surface area contributed by atoms with E-state index in [9.17, 15) is 9.18 Å². The molecule has 0 amide bonds. The van der Waals surface area contributed by atoms with E-state index in [1.165, 1.54) is 12.1 Å². The highest BCUT2D eigenvalue weighted by Gasteiger charge is 2.09. The number of benzene rings is 3. The Kier molecular flexibility index (Phi) is 6.68. The van der Waals surface area contributed by atoms with Crippen LogP contribution in [-0.2, 0) is 17.8 Å². The maximum atomic E-state index is 14.3. The van der Waals surface area contributed by atoms with Gasteiger partial charge in [0.2, 0.25) is 0 Å². The molecule has 0 saturated carbocycles. The van der Waals surface area contributed by atoms with Crippen LogP contribution in [0, 0.1) is 5.82 Å². The van der Waals surface area contributed by atoms with Crippen molar-refractivity contribution in [3.05, 3.63) is 83.7 Å². The van der Waals surface area contributed by atoms with Crippen LogP contribution in [0.5, 0.6) is 23.0 Å². The van der Waals surface area contributed by atoms with Gasteiger partial charge in [-0.25, -0.2) is 4.39 Å². The van der Waals surface area contributed by atoms with Gasteiger partial charge in [0.05, 0.1) is 7.11 Å². The van der Waals surface area contributed by atoms with Crippen LogP contribution >= 0.6 is 0 Å². The molecular weight excluding hydrogens is 375 g/mol. The summed E-state index contributed by atoms with van der Waals surface area (Å²) in [7, 11) is 1.56. The molecule has 6 heteroatoms. The van der Waals surface area contributed by atoms with Gasteiger partial charge in [0.25, 0.3) is 0 Å². The molecule has 0 aliphatic rings. The standard InChI is InChI=1S/C23H21FO5/c1-27-19-11-17(12-20(14-19)29-18-5-3-2-4-6-18)15-28-22-9-7-16(13-21(22)24)8-10-23(25)26/h2-7,9,11-14H,8,10,15H2,1H3,(H,25,26). The van der Waals surface area contributed by atoms with E-state index in [0.29, 0.717) is 22.8 Å². The van der Waals surface area contributed by atoms with E-state index in [-0.39, 0.29) is 25.2 Å². The zero-order valence-electron chi connectivity index (χ0n) is 15.9. The summed E-state index contributed by atoms with van der Waals surface area (Å²) in [4.78, 5) is 10.6. The van der Waals surface area contributed by atoms with Gasteiger partial charge in [-0.05, 0) is 53.9 Å². The SMILES string of the molecule is COc1cc(COc2ccc(CCC(=O)O)cc2F)cc(Oc2ccccc2)c1. The van der Waals surface area contributed by atoms with E-state index in [1.807, 2.05) is 30.3 Å². The van der Waals surface area contributed by atoms with Crippen LogP contribution in [0.1, 0.15) is 17.5 Å². The molecule has 0 aromatic heterocycles. The summed E-state index contributed by atoms with van der Waals surface area (Å²) in [5.41, 5.74) is 1.36. The number of carboxylic acid groups (broad SMARTS) is 1. The van der Waals surface area contributed by atoms with E-state index < -0.39 is 11.8 Å². The third kappa shape index (κ3) is 5.97. The minimum atomic E-state index is -0.919. The monoisotopic (exact) mass is 396 g/mol. The fourth-order valence-electron chi connectivity index (χ4n) is 2.74. The lowest BCUT2D eigenvalue weighted by molar-refractivity contribution is -0.136. The minimum Gasteiger partial charge on any atom is -0.497 e. The van der Waals surface area contributed by atoms with Crippen LogP contribution < -0.4 is 14.2 Å². The first-order valence-corrected chi connectivity index (χ1v) is 9.07. The molecule has 3 aromatic carbocycles. The normalized spacial score (nSPS) is 10.4. The van der Waals surface area contributed by atoms with Crippen molar-refractivity contribution >= 4 is 5.97 Å². The quantitative estimate of drug-likeness (QED) is 0.537. The number of rotatable bonds is 9. The molecule has 0 aliphatic carbocycles. The van der Waals surface area contributed by atoms with Gasteiger partial charge in [-0.1, -0.05) is 24.3 Å². The molecule has 29 heavy (non-hydrogen) atoms. The van der Waals surface area contributed by atoms with Crippen LogP contribution in [0.15, 0.2) is 66.7 Å². The molecule has 0 spiro atoms. The number of para-hydroxylation sites is 1. The molecule has 3 aromatic rings. The lowest BCUT2D eigenvalue weighted by Crippen LogP contribution is -2.01. The third-order valence-electron chi connectivity index (χ3n) is 4.17. The summed E-state index contributed by atoms with van der Waals surface area (Å²) in [5, 5.41) is 8.73. The Morgan fingerprint density at radius 1 is 0.931 bits per heavy atom. The second kappa shape index (κ2) is 9.59. The molecule has 0 heterocycles. The molecule has 1 N–H and O–H groups in total. The largest absolute Gasteiger partial charge is 0.497 e. The van der Waals surface area contributed by atoms with Gasteiger partial charge in [-0.2, -0.15) is 0 Å². The first-order valence-electron chi connectivity index (χ1n) is 9.07. The van der Waals surface area contributed by atoms with Crippen molar-refractivity contribution in [1.82, 2.24) is 0 Å². The summed E-state index contributed by atoms with van der Waals surface area (Å²) in [6.45, 7) is 0.119. The number of halogens is 1. The van der Waals surface area contributed by atoms with Crippen molar-refractivity contribution in [2.45, 2.75) is 19.4 Å². The number of hydrogen-bond acceptors (Lipinski definition) is 4. The molecule has 3 rings (SSSR count). The summed E-state index contributed by atoms with van der Waals surface area (Å²) in [5.74, 6) is 0.516. The molecule has 0 saturated heterocycles. The van der Waals surface area contributed by atoms with Gasteiger partial charge in [0, 0.05) is 12.5 Å². The number of hydrogen-bond donors (Lipinski definition) is 1. The predicted molar refractivity (Wildman–Crippen MR) is 106 cm³/mol. The second-order valence-corrected chi connectivity index (χ2v) is 6.38. The molecule has 0 fully saturated rings. The van der Waals surface area contributed by atoms with Crippen molar-refractivity contribution in [2.24, 2.45) is 0 Å². The molecule has 0 unspecified atom stereocenters. The molecule has 0 aliphatic heterocycles. The molecule has 0 radical (unpaired) electrons. The van der Waals surface area contributed by atoms with Gasteiger partial charge >= 0.3 is 5.97 Å². The van der Waals surface area contributed by atoms with E-state index in [0.717, 1.165) is 5.56 Å². The summed E-state index contributed by atoms with van der Waals surface area (Å²) in [6, 6.07) is 19.2. The first-order chi connectivity index (χ1) is 14.0. The Bertz CT molecular complexity index is 972. The lowest BCUT2D eigenvalue weighted by Gasteiger charge is -2.12. The van der Waals surface area contributed by atoms with Gasteiger partial charge < -0.3 is 19.3 Å². The molecule has 5 nitrogen and oxygen atoms in total. The molecule has 0 bridgehead atoms. The van der Waals surface area contributed by atoms with Crippen LogP contribution in [0.25, 0.3) is 0 Å². The molecule has 0 atom stereocenters. The predicted octanol–water partition coefficient (Wildman–Crippen LogP) is 5.22. The third-order valence-corrected chi connectivity index (χ3v) is 4.17. The van der Waals surface area contributed by atoms with Crippen LogP contribution in [-0.4, -0.2) is 18.2 Å². The fraction of sp³-hybridized carbons (Fsp3) is 0.174. The minimum absolute atomic E-state index is 0.0480. The first kappa shape index (κ1) is 20.2. The van der Waals surface area contributed by atoms with Crippen molar-refractivity contribution in [1.29, 1.82) is 0 Å². The van der Waals surface area contributed by atoms with Crippen LogP contribution in [0.4, 0.5) is 4.39 Å². The van der Waals surface area contributed by atoms with Crippen molar-refractivity contribution in [3.8, 4) is 23.0 Å². The van der Waals surface area contributed by atoms with Crippen molar-refractivity contribution in [2.75, 3.05) is 7.11 Å². The zero-order valence-corrected chi connectivity index (χ0v) is 15.9.